The lowest BCUT2D eigenvalue weighted by atomic mass is 9.75. The lowest BCUT2D eigenvalue weighted by Gasteiger charge is -2.37. The molecule has 3 amide bonds. The van der Waals surface area contributed by atoms with Gasteiger partial charge in [-0.1, -0.05) is 24.3 Å². The number of amides is 3. The first kappa shape index (κ1) is 19.7. The maximum absolute atomic E-state index is 14.1. The van der Waals surface area contributed by atoms with Gasteiger partial charge in [0.05, 0.1) is 17.5 Å². The van der Waals surface area contributed by atoms with Crippen LogP contribution >= 0.6 is 0 Å². The zero-order valence-electron chi connectivity index (χ0n) is 18.9. The van der Waals surface area contributed by atoms with E-state index in [-0.39, 0.29) is 23.8 Å². The summed E-state index contributed by atoms with van der Waals surface area (Å²) in [5.41, 5.74) is 5.28. The Balaban J connectivity index is 1.58. The number of fused-ring (bicyclic) bond motifs is 7. The fraction of sp³-hybridized carbons (Fsp3) is 0.423. The molecule has 2 aromatic carbocycles. The Kier molecular flexibility index (Phi) is 3.87. The minimum atomic E-state index is -1.11. The summed E-state index contributed by atoms with van der Waals surface area (Å²) < 4.78 is 0. The van der Waals surface area contributed by atoms with Crippen LogP contribution < -0.4 is 10.2 Å². The van der Waals surface area contributed by atoms with Gasteiger partial charge in [-0.05, 0) is 75.4 Å². The molecule has 2 aromatic rings. The lowest BCUT2D eigenvalue weighted by Crippen LogP contribution is -2.54. The van der Waals surface area contributed by atoms with E-state index in [0.717, 1.165) is 52.9 Å². The van der Waals surface area contributed by atoms with Crippen molar-refractivity contribution in [2.75, 3.05) is 16.8 Å². The highest BCUT2D eigenvalue weighted by Gasteiger charge is 2.74. The summed E-state index contributed by atoms with van der Waals surface area (Å²) in [7, 11) is 0. The summed E-state index contributed by atoms with van der Waals surface area (Å²) >= 11 is 0. The third-order valence-electron chi connectivity index (χ3n) is 8.52. The van der Waals surface area contributed by atoms with Crippen LogP contribution in [0.3, 0.4) is 0 Å². The zero-order chi connectivity index (χ0) is 22.5. The normalized spacial score (nSPS) is 30.8. The van der Waals surface area contributed by atoms with E-state index in [0.29, 0.717) is 5.69 Å². The van der Waals surface area contributed by atoms with Gasteiger partial charge in [0.25, 0.3) is 0 Å². The van der Waals surface area contributed by atoms with Gasteiger partial charge < -0.3 is 5.32 Å². The van der Waals surface area contributed by atoms with Gasteiger partial charge in [0.15, 0.2) is 0 Å². The molecular formula is C26H27N3O3. The molecule has 0 saturated carbocycles. The Morgan fingerprint density at radius 2 is 1.69 bits per heavy atom. The first-order valence-electron chi connectivity index (χ1n) is 11.4. The first-order valence-corrected chi connectivity index (χ1v) is 11.4. The number of anilines is 2. The molecule has 4 atom stereocenters. The molecule has 1 spiro atoms. The van der Waals surface area contributed by atoms with E-state index in [4.69, 9.17) is 0 Å². The average Bonchev–Trinajstić information content (AvgIpc) is 3.46. The summed E-state index contributed by atoms with van der Waals surface area (Å²) in [4.78, 5) is 45.2. The number of imide groups is 1. The predicted octanol–water partition coefficient (Wildman–Crippen LogP) is 3.35. The molecule has 3 fully saturated rings. The van der Waals surface area contributed by atoms with Gasteiger partial charge in [-0.25, -0.2) is 4.90 Å². The van der Waals surface area contributed by atoms with Crippen LogP contribution in [0.15, 0.2) is 30.3 Å². The molecule has 6 heteroatoms. The molecule has 4 aliphatic rings. The molecule has 3 saturated heterocycles. The summed E-state index contributed by atoms with van der Waals surface area (Å²) in [6.07, 6.45) is 1.75. The molecule has 0 unspecified atom stereocenters. The first-order chi connectivity index (χ1) is 15.3. The number of hydrogen-bond acceptors (Lipinski definition) is 4. The van der Waals surface area contributed by atoms with Crippen molar-refractivity contribution in [3.05, 3.63) is 58.1 Å². The van der Waals surface area contributed by atoms with Gasteiger partial charge >= 0.3 is 0 Å². The number of carbonyl (C=O) groups is 3. The summed E-state index contributed by atoms with van der Waals surface area (Å²) in [6.45, 7) is 8.68. The maximum Gasteiger partial charge on any atom is 0.250 e. The van der Waals surface area contributed by atoms with Gasteiger partial charge in [-0.3, -0.25) is 19.3 Å². The van der Waals surface area contributed by atoms with Crippen LogP contribution in [0.25, 0.3) is 0 Å². The van der Waals surface area contributed by atoms with Crippen LogP contribution in [0.5, 0.6) is 0 Å². The summed E-state index contributed by atoms with van der Waals surface area (Å²) in [5, 5.41) is 3.11. The molecule has 32 heavy (non-hydrogen) atoms. The van der Waals surface area contributed by atoms with E-state index in [2.05, 4.69) is 10.2 Å². The Bertz CT molecular complexity index is 1240. The smallest absolute Gasteiger partial charge is 0.250 e. The average molecular weight is 430 g/mol. The van der Waals surface area contributed by atoms with Crippen LogP contribution in [-0.2, 0) is 19.9 Å². The quantitative estimate of drug-likeness (QED) is 0.706. The highest BCUT2D eigenvalue weighted by atomic mass is 16.2. The van der Waals surface area contributed by atoms with Crippen molar-refractivity contribution in [3.8, 4) is 0 Å². The van der Waals surface area contributed by atoms with Crippen molar-refractivity contribution in [1.29, 1.82) is 0 Å². The number of nitrogens with zero attached hydrogens (tertiary/aromatic N) is 2. The van der Waals surface area contributed by atoms with Gasteiger partial charge in [0, 0.05) is 17.3 Å². The van der Waals surface area contributed by atoms with E-state index in [1.54, 1.807) is 0 Å². The van der Waals surface area contributed by atoms with Crippen molar-refractivity contribution in [1.82, 2.24) is 4.90 Å². The molecule has 164 valence electrons. The van der Waals surface area contributed by atoms with Crippen LogP contribution in [0, 0.1) is 39.5 Å². The van der Waals surface area contributed by atoms with Crippen LogP contribution in [0.1, 0.15) is 40.7 Å². The topological polar surface area (TPSA) is 69.7 Å². The van der Waals surface area contributed by atoms with Gasteiger partial charge in [0.2, 0.25) is 17.7 Å². The Morgan fingerprint density at radius 1 is 0.938 bits per heavy atom. The van der Waals surface area contributed by atoms with E-state index in [9.17, 15) is 14.4 Å². The highest BCUT2D eigenvalue weighted by molar-refractivity contribution is 6.26. The van der Waals surface area contributed by atoms with Crippen LogP contribution in [0.2, 0.25) is 0 Å². The number of carbonyl (C=O) groups excluding carboxylic acids is 3. The molecule has 4 aliphatic heterocycles. The molecule has 4 heterocycles. The van der Waals surface area contributed by atoms with E-state index in [1.807, 2.05) is 58.0 Å². The fourth-order valence-corrected chi connectivity index (χ4v) is 6.74. The molecule has 0 aliphatic carbocycles. The van der Waals surface area contributed by atoms with Crippen LogP contribution in [-0.4, -0.2) is 35.2 Å². The third-order valence-corrected chi connectivity index (χ3v) is 8.52. The molecule has 1 N–H and O–H groups in total. The number of benzene rings is 2. The SMILES string of the molecule is Cc1cccc(N2C(=O)[C@H]3[C@H]4CCCN4[C@@]4(C(=O)Nc5c4ccc(C)c5C)[C@@H]3C2=O)c1C. The van der Waals surface area contributed by atoms with Gasteiger partial charge in [-0.15, -0.1) is 0 Å². The second-order valence-corrected chi connectivity index (χ2v) is 9.79. The van der Waals surface area contributed by atoms with Crippen molar-refractivity contribution < 1.29 is 14.4 Å². The van der Waals surface area contributed by atoms with E-state index in [1.165, 1.54) is 4.90 Å². The van der Waals surface area contributed by atoms with Gasteiger partial charge in [0.1, 0.15) is 5.54 Å². The minimum absolute atomic E-state index is 0.0927. The molecule has 0 bridgehead atoms. The maximum atomic E-state index is 14.1. The van der Waals surface area contributed by atoms with Crippen molar-refractivity contribution in [2.24, 2.45) is 11.8 Å². The van der Waals surface area contributed by atoms with Crippen LogP contribution in [0.4, 0.5) is 11.4 Å². The molecule has 0 aromatic heterocycles. The molecule has 6 nitrogen and oxygen atoms in total. The third kappa shape index (κ3) is 2.07. The van der Waals surface area contributed by atoms with Crippen molar-refractivity contribution in [3.63, 3.8) is 0 Å². The van der Waals surface area contributed by atoms with Gasteiger partial charge in [-0.2, -0.15) is 0 Å². The fourth-order valence-electron chi connectivity index (χ4n) is 6.74. The summed E-state index contributed by atoms with van der Waals surface area (Å²) in [6, 6.07) is 9.63. The second-order valence-electron chi connectivity index (χ2n) is 9.79. The number of nitrogens with one attached hydrogen (secondary N) is 1. The Hall–Kier alpha value is -2.99. The largest absolute Gasteiger partial charge is 0.324 e. The molecular weight excluding hydrogens is 402 g/mol. The summed E-state index contributed by atoms with van der Waals surface area (Å²) in [5.74, 6) is -1.77. The van der Waals surface area contributed by atoms with E-state index >= 15 is 0 Å². The lowest BCUT2D eigenvalue weighted by molar-refractivity contribution is -0.135. The van der Waals surface area contributed by atoms with Crippen molar-refractivity contribution >= 4 is 29.1 Å². The minimum Gasteiger partial charge on any atom is -0.324 e. The zero-order valence-corrected chi connectivity index (χ0v) is 18.9. The van der Waals surface area contributed by atoms with E-state index < -0.39 is 17.4 Å². The van der Waals surface area contributed by atoms with Crippen molar-refractivity contribution in [2.45, 2.75) is 52.1 Å². The number of rotatable bonds is 1. The Labute approximate surface area is 187 Å². The predicted molar refractivity (Wildman–Crippen MR) is 121 cm³/mol. The monoisotopic (exact) mass is 429 g/mol. The Morgan fingerprint density at radius 3 is 2.47 bits per heavy atom. The highest BCUT2D eigenvalue weighted by Crippen LogP contribution is 2.61. The molecule has 6 rings (SSSR count). The number of hydrogen-bond donors (Lipinski definition) is 1. The number of aryl methyl sites for hydroxylation is 2. The second kappa shape index (κ2) is 6.29. The molecule has 0 radical (unpaired) electrons. The standard InChI is InChI=1S/C26H27N3O3/c1-13-7-5-8-18(15(13)3)29-23(30)20-19-9-6-12-28(19)26(21(20)24(29)31)17-11-10-14(2)16(4)22(17)27-25(26)32/h5,7-8,10-11,19-21H,6,9,12H2,1-4H3,(H,27,32)/t19-,20+,21+,26-/m1/s1.